The number of nitrogens with zero attached hydrogens (tertiary/aromatic N) is 2. The lowest BCUT2D eigenvalue weighted by Gasteiger charge is -2.02. The van der Waals surface area contributed by atoms with Crippen LogP contribution in [0.2, 0.25) is 0 Å². The second kappa shape index (κ2) is 6.54. The molecule has 0 atom stereocenters. The SMILES string of the molecule is Cc1nc(SCc2ccc([N+](=O)[O-])cc2Br)sc1C(=O)O. The molecule has 0 spiro atoms. The van der Waals surface area contributed by atoms with E-state index in [1.807, 2.05) is 0 Å². The number of hydrogen-bond acceptors (Lipinski definition) is 6. The van der Waals surface area contributed by atoms with Crippen molar-refractivity contribution in [1.29, 1.82) is 0 Å². The molecule has 6 nitrogen and oxygen atoms in total. The number of hydrogen-bond donors (Lipinski definition) is 1. The zero-order chi connectivity index (χ0) is 15.6. The molecule has 0 saturated carbocycles. The Morgan fingerprint density at radius 1 is 1.57 bits per heavy atom. The Morgan fingerprint density at radius 3 is 2.81 bits per heavy atom. The molecule has 0 aliphatic rings. The summed E-state index contributed by atoms with van der Waals surface area (Å²) in [6.45, 7) is 1.66. The van der Waals surface area contributed by atoms with Crippen LogP contribution in [0, 0.1) is 17.0 Å². The molecule has 2 aromatic rings. The summed E-state index contributed by atoms with van der Waals surface area (Å²) in [5.74, 6) is -0.432. The number of carbonyl (C=O) groups is 1. The van der Waals surface area contributed by atoms with Crippen molar-refractivity contribution in [3.8, 4) is 0 Å². The molecule has 0 saturated heterocycles. The highest BCUT2D eigenvalue weighted by molar-refractivity contribution is 9.10. The molecular weight excluding hydrogens is 380 g/mol. The molecule has 0 bridgehead atoms. The molecule has 0 aliphatic heterocycles. The fourth-order valence-electron chi connectivity index (χ4n) is 1.54. The van der Waals surface area contributed by atoms with Gasteiger partial charge in [-0.25, -0.2) is 9.78 Å². The van der Waals surface area contributed by atoms with Gasteiger partial charge in [-0.15, -0.1) is 11.3 Å². The van der Waals surface area contributed by atoms with E-state index in [0.717, 1.165) is 16.9 Å². The first-order valence-electron chi connectivity index (χ1n) is 5.65. The van der Waals surface area contributed by atoms with Crippen molar-refractivity contribution in [1.82, 2.24) is 4.98 Å². The quantitative estimate of drug-likeness (QED) is 0.470. The van der Waals surface area contributed by atoms with Gasteiger partial charge < -0.3 is 5.11 Å². The van der Waals surface area contributed by atoms with Gasteiger partial charge in [0.05, 0.1) is 10.6 Å². The summed E-state index contributed by atoms with van der Waals surface area (Å²) in [5, 5.41) is 19.6. The van der Waals surface area contributed by atoms with E-state index in [2.05, 4.69) is 20.9 Å². The molecule has 2 rings (SSSR count). The van der Waals surface area contributed by atoms with Gasteiger partial charge in [0.2, 0.25) is 0 Å². The highest BCUT2D eigenvalue weighted by Crippen LogP contribution is 2.32. The van der Waals surface area contributed by atoms with Crippen molar-refractivity contribution in [3.63, 3.8) is 0 Å². The smallest absolute Gasteiger partial charge is 0.347 e. The lowest BCUT2D eigenvalue weighted by molar-refractivity contribution is -0.384. The van der Waals surface area contributed by atoms with E-state index in [-0.39, 0.29) is 10.6 Å². The normalized spacial score (nSPS) is 10.6. The molecule has 9 heteroatoms. The van der Waals surface area contributed by atoms with Gasteiger partial charge in [0.15, 0.2) is 4.34 Å². The lowest BCUT2D eigenvalue weighted by atomic mass is 10.2. The number of aromatic nitrogens is 1. The minimum absolute atomic E-state index is 0.0221. The monoisotopic (exact) mass is 388 g/mol. The highest BCUT2D eigenvalue weighted by Gasteiger charge is 2.15. The maximum absolute atomic E-state index is 11.0. The van der Waals surface area contributed by atoms with Gasteiger partial charge in [-0.3, -0.25) is 10.1 Å². The Kier molecular flexibility index (Phi) is 4.96. The molecule has 1 N–H and O–H groups in total. The number of aromatic carboxylic acids is 1. The minimum atomic E-state index is -0.978. The molecular formula is C12H9BrN2O4S2. The van der Waals surface area contributed by atoms with Crippen molar-refractivity contribution in [2.24, 2.45) is 0 Å². The van der Waals surface area contributed by atoms with E-state index < -0.39 is 10.9 Å². The molecule has 0 amide bonds. The number of carboxylic acids is 1. The fraction of sp³-hybridized carbons (Fsp3) is 0.167. The summed E-state index contributed by atoms with van der Waals surface area (Å²) in [5.41, 5.74) is 1.40. The zero-order valence-corrected chi connectivity index (χ0v) is 13.9. The third kappa shape index (κ3) is 3.80. The van der Waals surface area contributed by atoms with Crippen molar-refractivity contribution in [2.75, 3.05) is 0 Å². The Hall–Kier alpha value is -1.45. The number of aryl methyl sites for hydroxylation is 1. The summed E-state index contributed by atoms with van der Waals surface area (Å²) in [7, 11) is 0. The summed E-state index contributed by atoms with van der Waals surface area (Å²) in [6.07, 6.45) is 0. The van der Waals surface area contributed by atoms with E-state index in [1.165, 1.54) is 23.9 Å². The molecule has 0 aliphatic carbocycles. The van der Waals surface area contributed by atoms with Crippen LogP contribution >= 0.6 is 39.0 Å². The van der Waals surface area contributed by atoms with E-state index in [4.69, 9.17) is 5.11 Å². The van der Waals surface area contributed by atoms with Gasteiger partial charge in [-0.1, -0.05) is 33.8 Å². The standard InChI is InChI=1S/C12H9BrN2O4S2/c1-6-10(11(16)17)21-12(14-6)20-5-7-2-3-8(15(18)19)4-9(7)13/h2-4H,5H2,1H3,(H,16,17). The third-order valence-corrected chi connectivity index (χ3v) is 5.65. The average Bonchev–Trinajstić information content (AvgIpc) is 2.78. The van der Waals surface area contributed by atoms with Crippen molar-refractivity contribution in [2.45, 2.75) is 17.0 Å². The van der Waals surface area contributed by atoms with Gasteiger partial charge >= 0.3 is 5.97 Å². The summed E-state index contributed by atoms with van der Waals surface area (Å²) in [6, 6.07) is 4.57. The van der Waals surface area contributed by atoms with Gasteiger partial charge in [0.25, 0.3) is 5.69 Å². The van der Waals surface area contributed by atoms with Gasteiger partial charge in [0.1, 0.15) is 4.88 Å². The van der Waals surface area contributed by atoms with Crippen molar-refractivity contribution >= 4 is 50.7 Å². The van der Waals surface area contributed by atoms with Crippen LogP contribution < -0.4 is 0 Å². The number of nitro benzene ring substituents is 1. The molecule has 1 heterocycles. The van der Waals surface area contributed by atoms with Gasteiger partial charge in [-0.2, -0.15) is 0 Å². The molecule has 0 unspecified atom stereocenters. The lowest BCUT2D eigenvalue weighted by Crippen LogP contribution is -1.94. The molecule has 1 aromatic heterocycles. The first-order chi connectivity index (χ1) is 9.88. The Morgan fingerprint density at radius 2 is 2.29 bits per heavy atom. The molecule has 1 aromatic carbocycles. The summed E-state index contributed by atoms with van der Waals surface area (Å²) in [4.78, 5) is 25.6. The first kappa shape index (κ1) is 15.9. The number of thioether (sulfide) groups is 1. The number of rotatable bonds is 5. The first-order valence-corrected chi connectivity index (χ1v) is 8.24. The molecule has 0 fully saturated rings. The van der Waals surface area contributed by atoms with Crippen LogP contribution in [0.1, 0.15) is 20.9 Å². The van der Waals surface area contributed by atoms with E-state index in [9.17, 15) is 14.9 Å². The predicted molar refractivity (Wildman–Crippen MR) is 84.2 cm³/mol. The Bertz CT molecular complexity index is 717. The van der Waals surface area contributed by atoms with Crippen LogP contribution in [-0.2, 0) is 5.75 Å². The largest absolute Gasteiger partial charge is 0.477 e. The highest BCUT2D eigenvalue weighted by atomic mass is 79.9. The third-order valence-electron chi connectivity index (χ3n) is 2.57. The zero-order valence-electron chi connectivity index (χ0n) is 10.7. The maximum Gasteiger partial charge on any atom is 0.347 e. The number of carboxylic acid groups (broad SMARTS) is 1. The molecule has 21 heavy (non-hydrogen) atoms. The van der Waals surface area contributed by atoms with Crippen molar-refractivity contribution < 1.29 is 14.8 Å². The summed E-state index contributed by atoms with van der Waals surface area (Å²) >= 11 is 5.83. The number of benzene rings is 1. The maximum atomic E-state index is 11.0. The molecule has 0 radical (unpaired) electrons. The summed E-state index contributed by atoms with van der Waals surface area (Å²) < 4.78 is 1.31. The second-order valence-electron chi connectivity index (χ2n) is 4.02. The average molecular weight is 389 g/mol. The topological polar surface area (TPSA) is 93.3 Å². The van der Waals surface area contributed by atoms with E-state index in [0.29, 0.717) is 20.3 Å². The van der Waals surface area contributed by atoms with Crippen LogP contribution in [0.5, 0.6) is 0 Å². The minimum Gasteiger partial charge on any atom is -0.477 e. The predicted octanol–water partition coefficient (Wildman–Crippen LogP) is 4.11. The number of thiazole rings is 1. The Balaban J connectivity index is 2.11. The number of halogens is 1. The van der Waals surface area contributed by atoms with Crippen LogP contribution in [0.15, 0.2) is 27.0 Å². The Labute approximate surface area is 136 Å². The van der Waals surface area contributed by atoms with Crippen LogP contribution in [0.25, 0.3) is 0 Å². The van der Waals surface area contributed by atoms with E-state index in [1.54, 1.807) is 13.0 Å². The van der Waals surface area contributed by atoms with Crippen LogP contribution in [0.3, 0.4) is 0 Å². The van der Waals surface area contributed by atoms with Crippen molar-refractivity contribution in [3.05, 3.63) is 48.9 Å². The van der Waals surface area contributed by atoms with E-state index >= 15 is 0 Å². The number of non-ortho nitro benzene ring substituents is 1. The van der Waals surface area contributed by atoms with Crippen LogP contribution in [-0.4, -0.2) is 21.0 Å². The number of nitro groups is 1. The fourth-order valence-corrected chi connectivity index (χ4v) is 4.26. The van der Waals surface area contributed by atoms with Crippen LogP contribution in [0.4, 0.5) is 5.69 Å². The second-order valence-corrected chi connectivity index (χ2v) is 7.10. The van der Waals surface area contributed by atoms with Gasteiger partial charge in [0, 0.05) is 22.4 Å². The molecule has 110 valence electrons. The van der Waals surface area contributed by atoms with Gasteiger partial charge in [-0.05, 0) is 12.5 Å².